The Morgan fingerprint density at radius 1 is 1.09 bits per heavy atom. The molecular weight excluding hydrogens is 318 g/mol. The Labute approximate surface area is 136 Å². The van der Waals surface area contributed by atoms with Crippen LogP contribution in [0.1, 0.15) is 24.9 Å². The van der Waals surface area contributed by atoms with Gasteiger partial charge in [0.05, 0.1) is 4.88 Å². The van der Waals surface area contributed by atoms with Gasteiger partial charge in [-0.1, -0.05) is 6.07 Å². The molecule has 1 amide bonds. The van der Waals surface area contributed by atoms with Crippen molar-refractivity contribution < 1.29 is 24.2 Å². The maximum atomic E-state index is 12.0. The van der Waals surface area contributed by atoms with Gasteiger partial charge in [0.25, 0.3) is 5.91 Å². The number of aromatic carboxylic acids is 1. The summed E-state index contributed by atoms with van der Waals surface area (Å²) in [6.45, 7) is 1.55. The molecule has 1 aliphatic rings. The zero-order valence-corrected chi connectivity index (χ0v) is 13.0. The molecular formula is C16H15NO5S. The van der Waals surface area contributed by atoms with Gasteiger partial charge in [0, 0.05) is 6.54 Å². The van der Waals surface area contributed by atoms with Crippen molar-refractivity contribution in [3.8, 4) is 11.5 Å². The second-order valence-electron chi connectivity index (χ2n) is 4.95. The highest BCUT2D eigenvalue weighted by atomic mass is 32.1. The number of amides is 1. The molecule has 0 saturated carbocycles. The van der Waals surface area contributed by atoms with Gasteiger partial charge in [0.1, 0.15) is 18.1 Å². The molecule has 0 fully saturated rings. The largest absolute Gasteiger partial charge is 0.486 e. The quantitative estimate of drug-likeness (QED) is 0.876. The minimum Gasteiger partial charge on any atom is -0.486 e. The van der Waals surface area contributed by atoms with Gasteiger partial charge < -0.3 is 19.9 Å². The average molecular weight is 333 g/mol. The van der Waals surface area contributed by atoms with Crippen molar-refractivity contribution in [3.05, 3.63) is 45.6 Å². The molecule has 0 radical (unpaired) electrons. The molecule has 23 heavy (non-hydrogen) atoms. The molecule has 3 rings (SSSR count). The van der Waals surface area contributed by atoms with Crippen molar-refractivity contribution in [2.45, 2.75) is 6.42 Å². The van der Waals surface area contributed by atoms with E-state index in [0.29, 0.717) is 31.1 Å². The van der Waals surface area contributed by atoms with E-state index < -0.39 is 5.97 Å². The third kappa shape index (κ3) is 3.62. The minimum atomic E-state index is -1.02. The van der Waals surface area contributed by atoms with E-state index in [1.165, 1.54) is 12.1 Å². The van der Waals surface area contributed by atoms with Crippen molar-refractivity contribution >= 4 is 23.2 Å². The van der Waals surface area contributed by atoms with Gasteiger partial charge in [0.15, 0.2) is 11.5 Å². The summed E-state index contributed by atoms with van der Waals surface area (Å²) in [6.07, 6.45) is 0.652. The van der Waals surface area contributed by atoms with Crippen molar-refractivity contribution in [2.75, 3.05) is 19.8 Å². The summed E-state index contributed by atoms with van der Waals surface area (Å²) in [7, 11) is 0. The first-order chi connectivity index (χ1) is 11.1. The first-order valence-electron chi connectivity index (χ1n) is 7.13. The predicted molar refractivity (Wildman–Crippen MR) is 84.7 cm³/mol. The molecule has 0 atom stereocenters. The van der Waals surface area contributed by atoms with Crippen molar-refractivity contribution in [1.29, 1.82) is 0 Å². The molecule has 0 saturated heterocycles. The molecule has 2 heterocycles. The van der Waals surface area contributed by atoms with Crippen LogP contribution in [0, 0.1) is 0 Å². The number of thiophene rings is 1. The van der Waals surface area contributed by atoms with E-state index in [-0.39, 0.29) is 10.8 Å². The van der Waals surface area contributed by atoms with E-state index in [1.54, 1.807) is 0 Å². The highest BCUT2D eigenvalue weighted by Gasteiger charge is 2.14. The molecule has 120 valence electrons. The number of ether oxygens (including phenoxy) is 2. The van der Waals surface area contributed by atoms with E-state index >= 15 is 0 Å². The molecule has 0 unspecified atom stereocenters. The minimum absolute atomic E-state index is 0.155. The van der Waals surface area contributed by atoms with Crippen LogP contribution in [0.15, 0.2) is 30.3 Å². The number of nitrogens with one attached hydrogen (secondary N) is 1. The highest BCUT2D eigenvalue weighted by Crippen LogP contribution is 2.30. The number of fused-ring (bicyclic) bond motifs is 1. The van der Waals surface area contributed by atoms with Crippen LogP contribution >= 0.6 is 11.3 Å². The zero-order valence-electron chi connectivity index (χ0n) is 12.2. The van der Waals surface area contributed by atoms with Crippen LogP contribution in [0.25, 0.3) is 0 Å². The lowest BCUT2D eigenvalue weighted by Gasteiger charge is -2.18. The van der Waals surface area contributed by atoms with Crippen LogP contribution in [0.3, 0.4) is 0 Å². The lowest BCUT2D eigenvalue weighted by Crippen LogP contribution is -2.25. The van der Waals surface area contributed by atoms with Gasteiger partial charge in [-0.25, -0.2) is 4.79 Å². The Morgan fingerprint density at radius 2 is 1.83 bits per heavy atom. The van der Waals surface area contributed by atoms with E-state index in [9.17, 15) is 9.59 Å². The molecule has 0 aliphatic carbocycles. The van der Waals surface area contributed by atoms with Crippen LogP contribution < -0.4 is 14.8 Å². The van der Waals surface area contributed by atoms with Gasteiger partial charge >= 0.3 is 5.97 Å². The van der Waals surface area contributed by atoms with Gasteiger partial charge in [-0.05, 0) is 36.2 Å². The molecule has 2 aromatic rings. The first-order valence-corrected chi connectivity index (χ1v) is 7.95. The molecule has 6 nitrogen and oxygen atoms in total. The lowest BCUT2D eigenvalue weighted by molar-refractivity contribution is 0.0702. The number of carboxylic acids is 1. The number of hydrogen-bond donors (Lipinski definition) is 2. The Bertz CT molecular complexity index is 740. The molecule has 1 aliphatic heterocycles. The van der Waals surface area contributed by atoms with Crippen LogP contribution in [0.2, 0.25) is 0 Å². The zero-order chi connectivity index (χ0) is 16.2. The first kappa shape index (κ1) is 15.4. The topological polar surface area (TPSA) is 84.9 Å². The Kier molecular flexibility index (Phi) is 4.47. The number of benzene rings is 1. The maximum Gasteiger partial charge on any atom is 0.345 e. The van der Waals surface area contributed by atoms with Gasteiger partial charge in [-0.2, -0.15) is 0 Å². The summed E-state index contributed by atoms with van der Waals surface area (Å²) in [5, 5.41) is 11.6. The molecule has 1 aromatic carbocycles. The third-order valence-electron chi connectivity index (χ3n) is 3.35. The fraction of sp³-hybridized carbons (Fsp3) is 0.250. The average Bonchev–Trinajstić information content (AvgIpc) is 3.05. The van der Waals surface area contributed by atoms with Gasteiger partial charge in [-0.3, -0.25) is 4.79 Å². The number of carbonyl (C=O) groups is 2. The predicted octanol–water partition coefficient (Wildman–Crippen LogP) is 2.19. The Hall–Kier alpha value is -2.54. The van der Waals surface area contributed by atoms with Crippen LogP contribution in [-0.4, -0.2) is 36.7 Å². The molecule has 0 spiro atoms. The second-order valence-corrected chi connectivity index (χ2v) is 6.04. The van der Waals surface area contributed by atoms with Crippen molar-refractivity contribution in [3.63, 3.8) is 0 Å². The summed E-state index contributed by atoms with van der Waals surface area (Å²) in [4.78, 5) is 23.3. The fourth-order valence-electron chi connectivity index (χ4n) is 2.23. The van der Waals surface area contributed by atoms with Crippen LogP contribution in [0.5, 0.6) is 11.5 Å². The summed E-state index contributed by atoms with van der Waals surface area (Å²) >= 11 is 0.966. The molecule has 2 N–H and O–H groups in total. The molecule has 0 bridgehead atoms. The number of rotatable bonds is 5. The summed E-state index contributed by atoms with van der Waals surface area (Å²) in [6, 6.07) is 8.67. The number of carboxylic acid groups (broad SMARTS) is 1. The summed E-state index contributed by atoms with van der Waals surface area (Å²) in [5.74, 6) is 0.179. The monoisotopic (exact) mass is 333 g/mol. The van der Waals surface area contributed by atoms with E-state index in [1.807, 2.05) is 18.2 Å². The number of carbonyl (C=O) groups excluding carboxylic acids is 1. The standard InChI is InChI=1S/C16H15NO5S/c18-15(13-3-4-14(23-13)16(19)20)17-6-5-10-1-2-11-12(9-10)22-8-7-21-11/h1-4,9H,5-8H2,(H,17,18)(H,19,20). The fourth-order valence-corrected chi connectivity index (χ4v) is 2.99. The van der Waals surface area contributed by atoms with Gasteiger partial charge in [-0.15, -0.1) is 11.3 Å². The van der Waals surface area contributed by atoms with E-state index in [0.717, 1.165) is 28.4 Å². The van der Waals surface area contributed by atoms with Gasteiger partial charge in [0.2, 0.25) is 0 Å². The highest BCUT2D eigenvalue weighted by molar-refractivity contribution is 7.15. The number of hydrogen-bond acceptors (Lipinski definition) is 5. The van der Waals surface area contributed by atoms with Crippen LogP contribution in [-0.2, 0) is 6.42 Å². The maximum absolute atomic E-state index is 12.0. The normalized spacial score (nSPS) is 12.7. The van der Waals surface area contributed by atoms with Crippen molar-refractivity contribution in [2.24, 2.45) is 0 Å². The third-order valence-corrected chi connectivity index (χ3v) is 4.42. The van der Waals surface area contributed by atoms with E-state index in [4.69, 9.17) is 14.6 Å². The summed E-state index contributed by atoms with van der Waals surface area (Å²) < 4.78 is 11.0. The molecule has 7 heteroatoms. The SMILES string of the molecule is O=C(O)c1ccc(C(=O)NCCc2ccc3c(c2)OCCO3)s1. The van der Waals surface area contributed by atoms with Crippen molar-refractivity contribution in [1.82, 2.24) is 5.32 Å². The van der Waals surface area contributed by atoms with Crippen LogP contribution in [0.4, 0.5) is 0 Å². The molecule has 1 aromatic heterocycles. The van der Waals surface area contributed by atoms with E-state index in [2.05, 4.69) is 5.32 Å². The summed E-state index contributed by atoms with van der Waals surface area (Å²) in [5.41, 5.74) is 1.03. The Balaban J connectivity index is 1.54. The second kappa shape index (κ2) is 6.70. The lowest BCUT2D eigenvalue weighted by atomic mass is 10.1. The smallest absolute Gasteiger partial charge is 0.345 e. The Morgan fingerprint density at radius 3 is 2.57 bits per heavy atom.